The van der Waals surface area contributed by atoms with E-state index in [2.05, 4.69) is 5.32 Å². The molecule has 0 radical (unpaired) electrons. The molecule has 0 saturated heterocycles. The second-order valence-corrected chi connectivity index (χ2v) is 6.91. The highest BCUT2D eigenvalue weighted by molar-refractivity contribution is 5.83. The predicted molar refractivity (Wildman–Crippen MR) is 77.2 cm³/mol. The fourth-order valence-corrected chi connectivity index (χ4v) is 1.47. The van der Waals surface area contributed by atoms with Crippen molar-refractivity contribution < 1.29 is 14.3 Å². The molecule has 0 heterocycles. The lowest BCUT2D eigenvalue weighted by Gasteiger charge is -2.19. The lowest BCUT2D eigenvalue weighted by atomic mass is 9.88. The van der Waals surface area contributed by atoms with Crippen LogP contribution in [0.4, 0.5) is 4.79 Å². The lowest BCUT2D eigenvalue weighted by Crippen LogP contribution is -2.33. The second kappa shape index (κ2) is 7.51. The topological polar surface area (TPSA) is 55.4 Å². The van der Waals surface area contributed by atoms with Crippen molar-refractivity contribution in [1.82, 2.24) is 5.32 Å². The van der Waals surface area contributed by atoms with Gasteiger partial charge in [-0.1, -0.05) is 27.2 Å². The van der Waals surface area contributed by atoms with Crippen LogP contribution in [0.1, 0.15) is 67.2 Å². The second-order valence-electron chi connectivity index (χ2n) is 6.91. The number of nitrogens with one attached hydrogen (secondary N) is 1. The van der Waals surface area contributed by atoms with Gasteiger partial charge in [-0.2, -0.15) is 0 Å². The monoisotopic (exact) mass is 271 g/mol. The minimum absolute atomic E-state index is 0.241. The molecule has 0 saturated carbocycles. The van der Waals surface area contributed by atoms with Crippen LogP contribution in [0.3, 0.4) is 0 Å². The van der Waals surface area contributed by atoms with Gasteiger partial charge in [0, 0.05) is 18.4 Å². The van der Waals surface area contributed by atoms with E-state index in [0.29, 0.717) is 18.7 Å². The van der Waals surface area contributed by atoms with E-state index in [0.717, 1.165) is 19.3 Å². The molecule has 0 fully saturated rings. The number of hydrogen-bond acceptors (Lipinski definition) is 3. The van der Waals surface area contributed by atoms with E-state index >= 15 is 0 Å². The van der Waals surface area contributed by atoms with Crippen molar-refractivity contribution in [3.63, 3.8) is 0 Å². The van der Waals surface area contributed by atoms with Gasteiger partial charge in [0.2, 0.25) is 0 Å². The van der Waals surface area contributed by atoms with Crippen molar-refractivity contribution in [2.45, 2.75) is 72.8 Å². The van der Waals surface area contributed by atoms with Crippen molar-refractivity contribution in [3.05, 3.63) is 0 Å². The molecule has 19 heavy (non-hydrogen) atoms. The SMILES string of the molecule is CC(C)(C)OC(=O)NCCCCCC(=O)C(C)(C)C. The zero-order chi connectivity index (χ0) is 15.1. The quantitative estimate of drug-likeness (QED) is 0.750. The van der Waals surface area contributed by atoms with Crippen molar-refractivity contribution in [2.75, 3.05) is 6.54 Å². The maximum absolute atomic E-state index is 11.7. The van der Waals surface area contributed by atoms with E-state index in [1.54, 1.807) is 0 Å². The summed E-state index contributed by atoms with van der Waals surface area (Å²) in [6.45, 7) is 11.9. The molecule has 1 amide bonds. The number of amides is 1. The van der Waals surface area contributed by atoms with Gasteiger partial charge in [0.1, 0.15) is 11.4 Å². The third kappa shape index (κ3) is 10.5. The highest BCUT2D eigenvalue weighted by Gasteiger charge is 2.20. The number of hydrogen-bond donors (Lipinski definition) is 1. The molecule has 4 nitrogen and oxygen atoms in total. The largest absolute Gasteiger partial charge is 0.444 e. The van der Waals surface area contributed by atoms with Crippen LogP contribution in [0.5, 0.6) is 0 Å². The molecule has 0 spiro atoms. The normalized spacial score (nSPS) is 12.1. The first kappa shape index (κ1) is 17.9. The summed E-state index contributed by atoms with van der Waals surface area (Å²) in [5, 5.41) is 2.71. The third-order valence-corrected chi connectivity index (χ3v) is 2.59. The van der Waals surface area contributed by atoms with E-state index in [-0.39, 0.29) is 11.5 Å². The van der Waals surface area contributed by atoms with Gasteiger partial charge in [-0.25, -0.2) is 4.79 Å². The zero-order valence-corrected chi connectivity index (χ0v) is 13.3. The van der Waals surface area contributed by atoms with Crippen molar-refractivity contribution in [1.29, 1.82) is 0 Å². The lowest BCUT2D eigenvalue weighted by molar-refractivity contribution is -0.126. The molecule has 1 N–H and O–H groups in total. The van der Waals surface area contributed by atoms with Gasteiger partial charge >= 0.3 is 6.09 Å². The number of ether oxygens (including phenoxy) is 1. The van der Waals surface area contributed by atoms with Crippen LogP contribution in [0.25, 0.3) is 0 Å². The van der Waals surface area contributed by atoms with E-state index in [9.17, 15) is 9.59 Å². The summed E-state index contributed by atoms with van der Waals surface area (Å²) in [6.07, 6.45) is 2.94. The molecule has 0 aromatic heterocycles. The molecule has 0 aromatic carbocycles. The first-order chi connectivity index (χ1) is 8.52. The van der Waals surface area contributed by atoms with Gasteiger partial charge in [-0.3, -0.25) is 4.79 Å². The van der Waals surface area contributed by atoms with Crippen molar-refractivity contribution in [2.24, 2.45) is 5.41 Å². The highest BCUT2D eigenvalue weighted by Crippen LogP contribution is 2.18. The maximum Gasteiger partial charge on any atom is 0.407 e. The molecule has 0 aromatic rings. The Morgan fingerprint density at radius 1 is 0.947 bits per heavy atom. The standard InChI is InChI=1S/C15H29NO3/c1-14(2,3)12(17)10-8-7-9-11-16-13(18)19-15(4,5)6/h7-11H2,1-6H3,(H,16,18). The number of unbranched alkanes of at least 4 members (excludes halogenated alkanes) is 2. The smallest absolute Gasteiger partial charge is 0.407 e. The molecule has 112 valence electrons. The Labute approximate surface area is 117 Å². The minimum atomic E-state index is -0.455. The van der Waals surface area contributed by atoms with Crippen molar-refractivity contribution in [3.8, 4) is 0 Å². The van der Waals surface area contributed by atoms with Gasteiger partial charge in [-0.05, 0) is 33.6 Å². The molecular weight excluding hydrogens is 242 g/mol. The number of rotatable bonds is 6. The van der Waals surface area contributed by atoms with Crippen LogP contribution < -0.4 is 5.32 Å². The number of ketones is 1. The van der Waals surface area contributed by atoms with Crippen molar-refractivity contribution >= 4 is 11.9 Å². The Bertz CT molecular complexity index is 297. The van der Waals surface area contributed by atoms with Gasteiger partial charge in [0.15, 0.2) is 0 Å². The van der Waals surface area contributed by atoms with Crippen LogP contribution in [-0.2, 0) is 9.53 Å². The summed E-state index contributed by atoms with van der Waals surface area (Å²) >= 11 is 0. The summed E-state index contributed by atoms with van der Waals surface area (Å²) in [5.74, 6) is 0.299. The molecule has 0 atom stereocenters. The summed E-state index contributed by atoms with van der Waals surface area (Å²) in [5.41, 5.74) is -0.696. The van der Waals surface area contributed by atoms with Gasteiger partial charge in [0.05, 0.1) is 0 Å². The van der Waals surface area contributed by atoms with Crippen LogP contribution in [0.15, 0.2) is 0 Å². The van der Waals surface area contributed by atoms with Crippen LogP contribution in [0.2, 0.25) is 0 Å². The van der Waals surface area contributed by atoms with E-state index < -0.39 is 5.60 Å². The molecule has 4 heteroatoms. The molecule has 0 unspecified atom stereocenters. The summed E-state index contributed by atoms with van der Waals surface area (Å²) in [4.78, 5) is 23.0. The number of Topliss-reactive ketones (excluding diaryl/α,β-unsaturated/α-hetero) is 1. The number of carbonyl (C=O) groups is 2. The van der Waals surface area contributed by atoms with Gasteiger partial charge in [-0.15, -0.1) is 0 Å². The Morgan fingerprint density at radius 2 is 1.53 bits per heavy atom. The Kier molecular flexibility index (Phi) is 7.09. The average Bonchev–Trinajstić information content (AvgIpc) is 2.18. The highest BCUT2D eigenvalue weighted by atomic mass is 16.6. The van der Waals surface area contributed by atoms with Gasteiger partial charge in [0.25, 0.3) is 0 Å². The Balaban J connectivity index is 3.57. The number of alkyl carbamates (subject to hydrolysis) is 1. The first-order valence-corrected chi connectivity index (χ1v) is 7.02. The van der Waals surface area contributed by atoms with Crippen LogP contribution in [0, 0.1) is 5.41 Å². The van der Waals surface area contributed by atoms with E-state index in [1.165, 1.54) is 0 Å². The Morgan fingerprint density at radius 3 is 2.00 bits per heavy atom. The molecule has 0 aliphatic heterocycles. The maximum atomic E-state index is 11.7. The number of carbonyl (C=O) groups excluding carboxylic acids is 2. The zero-order valence-electron chi connectivity index (χ0n) is 13.3. The average molecular weight is 271 g/mol. The fourth-order valence-electron chi connectivity index (χ4n) is 1.47. The first-order valence-electron chi connectivity index (χ1n) is 7.02. The predicted octanol–water partition coefficient (Wildman–Crippen LogP) is 3.69. The summed E-state index contributed by atoms with van der Waals surface area (Å²) < 4.78 is 5.12. The molecule has 0 aliphatic rings. The summed E-state index contributed by atoms with van der Waals surface area (Å²) in [7, 11) is 0. The van der Waals surface area contributed by atoms with E-state index in [4.69, 9.17) is 4.74 Å². The van der Waals surface area contributed by atoms with Crippen LogP contribution in [-0.4, -0.2) is 24.0 Å². The minimum Gasteiger partial charge on any atom is -0.444 e. The molecule has 0 bridgehead atoms. The fraction of sp³-hybridized carbons (Fsp3) is 0.867. The van der Waals surface area contributed by atoms with Crippen LogP contribution >= 0.6 is 0 Å². The molecule has 0 aliphatic carbocycles. The Hall–Kier alpha value is -1.06. The molecule has 0 rings (SSSR count). The van der Waals surface area contributed by atoms with Gasteiger partial charge < -0.3 is 10.1 Å². The van der Waals surface area contributed by atoms with E-state index in [1.807, 2.05) is 41.5 Å². The third-order valence-electron chi connectivity index (χ3n) is 2.59. The molecular formula is C15H29NO3. The summed E-state index contributed by atoms with van der Waals surface area (Å²) in [6, 6.07) is 0.